The van der Waals surface area contributed by atoms with Gasteiger partial charge in [0, 0.05) is 0 Å². The van der Waals surface area contributed by atoms with E-state index in [1.54, 1.807) is 12.1 Å². The highest BCUT2D eigenvalue weighted by atomic mass is 35.5. The van der Waals surface area contributed by atoms with Crippen molar-refractivity contribution in [2.24, 2.45) is 0 Å². The number of nitrogens with zero attached hydrogens (tertiary/aromatic N) is 2. The molecule has 0 atom stereocenters. The van der Waals surface area contributed by atoms with Gasteiger partial charge in [-0.05, 0) is 37.6 Å². The Morgan fingerprint density at radius 3 is 2.67 bits per heavy atom. The van der Waals surface area contributed by atoms with Crippen LogP contribution in [0.2, 0.25) is 10.3 Å². The van der Waals surface area contributed by atoms with Crippen LogP contribution >= 0.6 is 23.2 Å². The molecule has 0 radical (unpaired) electrons. The topological polar surface area (TPSA) is 58.0 Å². The summed E-state index contributed by atoms with van der Waals surface area (Å²) in [6.07, 6.45) is 0. The lowest BCUT2D eigenvalue weighted by molar-refractivity contribution is 0.234. The van der Waals surface area contributed by atoms with Gasteiger partial charge in [-0.2, -0.15) is 0 Å². The molecule has 1 aromatic carbocycles. The molecule has 0 saturated carbocycles. The highest BCUT2D eigenvalue weighted by Gasteiger charge is 2.19. The molecule has 0 aliphatic carbocycles. The lowest BCUT2D eigenvalue weighted by Crippen LogP contribution is -2.35. The van der Waals surface area contributed by atoms with Crippen LogP contribution in [-0.2, 0) is 0 Å². The van der Waals surface area contributed by atoms with Crippen LogP contribution < -0.4 is 5.32 Å². The van der Waals surface area contributed by atoms with Crippen molar-refractivity contribution < 1.29 is 5.11 Å². The monoisotopic (exact) mass is 285 g/mol. The first-order valence-electron chi connectivity index (χ1n) is 5.44. The molecule has 2 N–H and O–H groups in total. The van der Waals surface area contributed by atoms with Gasteiger partial charge in [-0.25, -0.2) is 9.97 Å². The number of benzene rings is 1. The first kappa shape index (κ1) is 13.3. The predicted octanol–water partition coefficient (Wildman–Crippen LogP) is 3.12. The fourth-order valence-corrected chi connectivity index (χ4v) is 2.00. The van der Waals surface area contributed by atoms with Crippen LogP contribution in [0.3, 0.4) is 0 Å². The molecule has 6 heteroatoms. The summed E-state index contributed by atoms with van der Waals surface area (Å²) in [5, 5.41) is 13.8. The smallest absolute Gasteiger partial charge is 0.224 e. The third-order valence-electron chi connectivity index (χ3n) is 2.50. The van der Waals surface area contributed by atoms with Gasteiger partial charge in [-0.15, -0.1) is 0 Å². The normalized spacial score (nSPS) is 11.8. The summed E-state index contributed by atoms with van der Waals surface area (Å²) in [6, 6.07) is 5.37. The number of hydrogen-bond donors (Lipinski definition) is 2. The maximum Gasteiger partial charge on any atom is 0.224 e. The van der Waals surface area contributed by atoms with Crippen LogP contribution in [0.4, 0.5) is 5.82 Å². The number of nitrogens with one attached hydrogen (secondary N) is 1. The molecule has 0 aliphatic rings. The Hall–Kier alpha value is -1.10. The summed E-state index contributed by atoms with van der Waals surface area (Å²) in [5.74, 6) is 0.523. The standard InChI is InChI=1S/C12H13Cl2N3O/c1-12(2,6-18)17-10-9-7(13)4-3-5-8(9)15-11(14)16-10/h3-5,18H,6H2,1-2H3,(H,15,16,17). The molecule has 1 aromatic heterocycles. The second-order valence-corrected chi connectivity index (χ2v) is 5.39. The third kappa shape index (κ3) is 2.66. The minimum atomic E-state index is -0.524. The van der Waals surface area contributed by atoms with E-state index in [9.17, 15) is 5.11 Å². The van der Waals surface area contributed by atoms with Crippen molar-refractivity contribution in [2.45, 2.75) is 19.4 Å². The molecule has 4 nitrogen and oxygen atoms in total. The molecule has 1 heterocycles. The van der Waals surface area contributed by atoms with Crippen molar-refractivity contribution in [3.63, 3.8) is 0 Å². The minimum absolute atomic E-state index is 0.0411. The van der Waals surface area contributed by atoms with E-state index in [1.807, 2.05) is 19.9 Å². The molecular formula is C12H13Cl2N3O. The zero-order chi connectivity index (χ0) is 13.3. The molecule has 0 unspecified atom stereocenters. The van der Waals surface area contributed by atoms with E-state index in [0.29, 0.717) is 21.7 Å². The summed E-state index contributed by atoms with van der Waals surface area (Å²) < 4.78 is 0. The first-order chi connectivity index (χ1) is 8.43. The number of aliphatic hydroxyl groups is 1. The summed E-state index contributed by atoms with van der Waals surface area (Å²) in [4.78, 5) is 8.26. The van der Waals surface area contributed by atoms with Crippen LogP contribution in [0.15, 0.2) is 18.2 Å². The number of fused-ring (bicyclic) bond motifs is 1. The molecular weight excluding hydrogens is 273 g/mol. The second kappa shape index (κ2) is 4.88. The van der Waals surface area contributed by atoms with Crippen molar-refractivity contribution in [2.75, 3.05) is 11.9 Å². The Kier molecular flexibility index (Phi) is 3.61. The summed E-state index contributed by atoms with van der Waals surface area (Å²) in [6.45, 7) is 3.66. The Morgan fingerprint density at radius 1 is 1.28 bits per heavy atom. The zero-order valence-electron chi connectivity index (χ0n) is 10.0. The summed E-state index contributed by atoms with van der Waals surface area (Å²) in [5.41, 5.74) is 0.141. The maximum atomic E-state index is 9.29. The number of anilines is 1. The maximum absolute atomic E-state index is 9.29. The number of aromatic nitrogens is 2. The van der Waals surface area contributed by atoms with Crippen LogP contribution in [-0.4, -0.2) is 27.2 Å². The number of aliphatic hydroxyl groups excluding tert-OH is 1. The van der Waals surface area contributed by atoms with Gasteiger partial charge in [0.2, 0.25) is 5.28 Å². The van der Waals surface area contributed by atoms with E-state index in [-0.39, 0.29) is 11.9 Å². The highest BCUT2D eigenvalue weighted by Crippen LogP contribution is 2.30. The van der Waals surface area contributed by atoms with Crippen molar-refractivity contribution in [1.29, 1.82) is 0 Å². The van der Waals surface area contributed by atoms with Crippen molar-refractivity contribution in [3.05, 3.63) is 28.5 Å². The Bertz CT molecular complexity index is 587. The van der Waals surface area contributed by atoms with E-state index in [4.69, 9.17) is 23.2 Å². The van der Waals surface area contributed by atoms with Gasteiger partial charge in [0.1, 0.15) is 5.82 Å². The quantitative estimate of drug-likeness (QED) is 0.851. The van der Waals surface area contributed by atoms with E-state index < -0.39 is 5.54 Å². The van der Waals surface area contributed by atoms with Gasteiger partial charge in [-0.1, -0.05) is 17.7 Å². The lowest BCUT2D eigenvalue weighted by atomic mass is 10.1. The minimum Gasteiger partial charge on any atom is -0.394 e. The second-order valence-electron chi connectivity index (χ2n) is 4.64. The van der Waals surface area contributed by atoms with Crippen LogP contribution in [0.5, 0.6) is 0 Å². The van der Waals surface area contributed by atoms with E-state index in [2.05, 4.69) is 15.3 Å². The molecule has 0 fully saturated rings. The van der Waals surface area contributed by atoms with Crippen molar-refractivity contribution >= 4 is 39.9 Å². The van der Waals surface area contributed by atoms with Crippen LogP contribution in [0.1, 0.15) is 13.8 Å². The average Bonchev–Trinajstić information content (AvgIpc) is 2.28. The Morgan fingerprint density at radius 2 is 2.00 bits per heavy atom. The average molecular weight is 286 g/mol. The van der Waals surface area contributed by atoms with Crippen LogP contribution in [0.25, 0.3) is 10.9 Å². The molecule has 2 aromatic rings. The van der Waals surface area contributed by atoms with Gasteiger partial charge in [0.15, 0.2) is 0 Å². The van der Waals surface area contributed by atoms with E-state index in [0.717, 1.165) is 0 Å². The van der Waals surface area contributed by atoms with Gasteiger partial charge in [-0.3, -0.25) is 0 Å². The van der Waals surface area contributed by atoms with E-state index >= 15 is 0 Å². The van der Waals surface area contributed by atoms with Gasteiger partial charge < -0.3 is 10.4 Å². The number of hydrogen-bond acceptors (Lipinski definition) is 4. The SMILES string of the molecule is CC(C)(CO)Nc1nc(Cl)nc2cccc(Cl)c12. The van der Waals surface area contributed by atoms with Crippen LogP contribution in [0, 0.1) is 0 Å². The third-order valence-corrected chi connectivity index (χ3v) is 2.98. The highest BCUT2D eigenvalue weighted by molar-refractivity contribution is 6.36. The molecule has 0 amide bonds. The lowest BCUT2D eigenvalue weighted by Gasteiger charge is -2.25. The van der Waals surface area contributed by atoms with Crippen molar-refractivity contribution in [1.82, 2.24) is 9.97 Å². The van der Waals surface area contributed by atoms with Gasteiger partial charge >= 0.3 is 0 Å². The fraction of sp³-hybridized carbons (Fsp3) is 0.333. The predicted molar refractivity (Wildman–Crippen MR) is 74.3 cm³/mol. The molecule has 2 rings (SSSR count). The Labute approximate surface area is 115 Å². The number of halogens is 2. The van der Waals surface area contributed by atoms with E-state index in [1.165, 1.54) is 0 Å². The molecule has 0 bridgehead atoms. The summed E-state index contributed by atoms with van der Waals surface area (Å²) in [7, 11) is 0. The largest absolute Gasteiger partial charge is 0.394 e. The molecule has 18 heavy (non-hydrogen) atoms. The molecule has 96 valence electrons. The zero-order valence-corrected chi connectivity index (χ0v) is 11.5. The summed E-state index contributed by atoms with van der Waals surface area (Å²) >= 11 is 12.0. The molecule has 0 spiro atoms. The van der Waals surface area contributed by atoms with Crippen molar-refractivity contribution in [3.8, 4) is 0 Å². The first-order valence-corrected chi connectivity index (χ1v) is 6.19. The Balaban J connectivity index is 2.62. The molecule has 0 saturated heterocycles. The number of rotatable bonds is 3. The molecule has 0 aliphatic heterocycles. The van der Waals surface area contributed by atoms with Gasteiger partial charge in [0.05, 0.1) is 28.1 Å². The van der Waals surface area contributed by atoms with Gasteiger partial charge in [0.25, 0.3) is 0 Å². The fourth-order valence-electron chi connectivity index (χ4n) is 1.56.